The molecule has 114 valence electrons. The van der Waals surface area contributed by atoms with Gasteiger partial charge >= 0.3 is 0 Å². The predicted molar refractivity (Wildman–Crippen MR) is 83.4 cm³/mol. The first kappa shape index (κ1) is 16.0. The molecule has 4 nitrogen and oxygen atoms in total. The standard InChI is InChI=1S/C16H21NO3S/c1-12(13-5-6-13)17(7-9-20-2)16(19)14-10-15(21-11-14)4-3-8-18/h10-13,18H,5-9H2,1-2H3. The number of aliphatic hydroxyl groups excluding tert-OH is 1. The molecule has 1 aromatic rings. The van der Waals surface area contributed by atoms with Gasteiger partial charge < -0.3 is 14.7 Å². The Morgan fingerprint density at radius 3 is 3.00 bits per heavy atom. The number of carbonyl (C=O) groups excluding carboxylic acids is 1. The summed E-state index contributed by atoms with van der Waals surface area (Å²) in [5.74, 6) is 6.11. The van der Waals surface area contributed by atoms with E-state index in [0.29, 0.717) is 24.6 Å². The highest BCUT2D eigenvalue weighted by Crippen LogP contribution is 2.35. The number of aliphatic hydroxyl groups is 1. The van der Waals surface area contributed by atoms with E-state index in [1.54, 1.807) is 13.2 Å². The first-order valence-corrected chi connectivity index (χ1v) is 8.03. The molecule has 0 radical (unpaired) electrons. The lowest BCUT2D eigenvalue weighted by molar-refractivity contribution is 0.0595. The molecule has 0 aromatic carbocycles. The molecule has 1 fully saturated rings. The second-order valence-electron chi connectivity index (χ2n) is 5.23. The van der Waals surface area contributed by atoms with Gasteiger partial charge in [-0.25, -0.2) is 0 Å². The van der Waals surface area contributed by atoms with E-state index in [2.05, 4.69) is 18.8 Å². The Morgan fingerprint density at radius 2 is 2.38 bits per heavy atom. The molecule has 0 bridgehead atoms. The molecule has 0 spiro atoms. The van der Waals surface area contributed by atoms with Crippen LogP contribution >= 0.6 is 11.3 Å². The molecular weight excluding hydrogens is 286 g/mol. The van der Waals surface area contributed by atoms with Crippen LogP contribution in [0.1, 0.15) is 35.0 Å². The fourth-order valence-corrected chi connectivity index (χ4v) is 3.07. The average molecular weight is 307 g/mol. The van der Waals surface area contributed by atoms with Gasteiger partial charge in [-0.2, -0.15) is 0 Å². The minimum Gasteiger partial charge on any atom is -0.384 e. The van der Waals surface area contributed by atoms with Gasteiger partial charge in [-0.15, -0.1) is 11.3 Å². The Morgan fingerprint density at radius 1 is 1.62 bits per heavy atom. The zero-order valence-corrected chi connectivity index (χ0v) is 13.3. The Bertz CT molecular complexity index is 539. The van der Waals surface area contributed by atoms with Gasteiger partial charge in [-0.05, 0) is 31.7 Å². The molecule has 5 heteroatoms. The third-order valence-electron chi connectivity index (χ3n) is 3.73. The summed E-state index contributed by atoms with van der Waals surface area (Å²) in [6.45, 7) is 3.11. The van der Waals surface area contributed by atoms with Crippen LogP contribution in [0.15, 0.2) is 11.4 Å². The normalized spacial score (nSPS) is 15.2. The van der Waals surface area contributed by atoms with E-state index in [-0.39, 0.29) is 18.6 Å². The number of thiophene rings is 1. The van der Waals surface area contributed by atoms with Crippen LogP contribution in [0.25, 0.3) is 0 Å². The number of nitrogens with zero attached hydrogens (tertiary/aromatic N) is 1. The van der Waals surface area contributed by atoms with E-state index < -0.39 is 0 Å². The fraction of sp³-hybridized carbons (Fsp3) is 0.562. The van der Waals surface area contributed by atoms with Crippen LogP contribution in [-0.2, 0) is 4.74 Å². The summed E-state index contributed by atoms with van der Waals surface area (Å²) in [5, 5.41) is 10.5. The van der Waals surface area contributed by atoms with Crippen molar-refractivity contribution in [2.45, 2.75) is 25.8 Å². The van der Waals surface area contributed by atoms with Gasteiger partial charge in [0.05, 0.1) is 17.0 Å². The van der Waals surface area contributed by atoms with Gasteiger partial charge in [-0.1, -0.05) is 11.8 Å². The van der Waals surface area contributed by atoms with Crippen LogP contribution in [0, 0.1) is 17.8 Å². The van der Waals surface area contributed by atoms with Crippen molar-refractivity contribution in [2.24, 2.45) is 5.92 Å². The minimum atomic E-state index is -0.167. The van der Waals surface area contributed by atoms with Crippen molar-refractivity contribution < 1.29 is 14.6 Å². The smallest absolute Gasteiger partial charge is 0.255 e. The van der Waals surface area contributed by atoms with E-state index in [1.807, 2.05) is 10.3 Å². The third kappa shape index (κ3) is 4.31. The Labute approximate surface area is 129 Å². The molecular formula is C16H21NO3S. The Hall–Kier alpha value is -1.35. The maximum Gasteiger partial charge on any atom is 0.255 e. The van der Waals surface area contributed by atoms with Crippen LogP contribution in [0.2, 0.25) is 0 Å². The van der Waals surface area contributed by atoms with Crippen LogP contribution in [0.5, 0.6) is 0 Å². The first-order chi connectivity index (χ1) is 10.2. The molecule has 0 aliphatic heterocycles. The lowest BCUT2D eigenvalue weighted by Gasteiger charge is -2.29. The number of methoxy groups -OCH3 is 1. The zero-order chi connectivity index (χ0) is 15.2. The monoisotopic (exact) mass is 307 g/mol. The zero-order valence-electron chi connectivity index (χ0n) is 12.5. The summed E-state index contributed by atoms with van der Waals surface area (Å²) < 4.78 is 5.13. The quantitative estimate of drug-likeness (QED) is 0.818. The van der Waals surface area contributed by atoms with Crippen molar-refractivity contribution in [1.29, 1.82) is 0 Å². The largest absolute Gasteiger partial charge is 0.384 e. The maximum absolute atomic E-state index is 12.7. The molecule has 1 aromatic heterocycles. The van der Waals surface area contributed by atoms with Crippen LogP contribution in [-0.4, -0.2) is 48.8 Å². The number of ether oxygens (including phenoxy) is 1. The summed E-state index contributed by atoms with van der Waals surface area (Å²) in [4.78, 5) is 15.4. The lowest BCUT2D eigenvalue weighted by atomic mass is 10.1. The van der Waals surface area contributed by atoms with Crippen molar-refractivity contribution in [1.82, 2.24) is 4.90 Å². The second-order valence-corrected chi connectivity index (χ2v) is 6.14. The van der Waals surface area contributed by atoms with Gasteiger partial charge in [-0.3, -0.25) is 4.79 Å². The highest BCUT2D eigenvalue weighted by atomic mass is 32.1. The first-order valence-electron chi connectivity index (χ1n) is 7.15. The van der Waals surface area contributed by atoms with Gasteiger partial charge in [0.1, 0.15) is 6.61 Å². The average Bonchev–Trinajstić information content (AvgIpc) is 3.23. The van der Waals surface area contributed by atoms with Crippen molar-refractivity contribution in [3.8, 4) is 11.8 Å². The van der Waals surface area contributed by atoms with Crippen molar-refractivity contribution >= 4 is 17.2 Å². The molecule has 1 saturated carbocycles. The molecule has 21 heavy (non-hydrogen) atoms. The van der Waals surface area contributed by atoms with Gasteiger partial charge in [0.2, 0.25) is 0 Å². The summed E-state index contributed by atoms with van der Waals surface area (Å²) in [6, 6.07) is 2.05. The van der Waals surface area contributed by atoms with Crippen LogP contribution < -0.4 is 0 Å². The molecule has 1 aliphatic carbocycles. The number of amides is 1. The SMILES string of the molecule is COCCN(C(=O)c1csc(C#CCO)c1)C(C)C1CC1. The summed E-state index contributed by atoms with van der Waals surface area (Å²) in [5.41, 5.74) is 0.672. The molecule has 1 heterocycles. The second kappa shape index (κ2) is 7.60. The molecule has 1 N–H and O–H groups in total. The van der Waals surface area contributed by atoms with Crippen LogP contribution in [0.4, 0.5) is 0 Å². The molecule has 1 unspecified atom stereocenters. The van der Waals surface area contributed by atoms with E-state index in [9.17, 15) is 4.79 Å². The summed E-state index contributed by atoms with van der Waals surface area (Å²) in [6.07, 6.45) is 2.41. The predicted octanol–water partition coefficient (Wildman–Crippen LogP) is 1.98. The van der Waals surface area contributed by atoms with E-state index >= 15 is 0 Å². The molecule has 1 atom stereocenters. The highest BCUT2D eigenvalue weighted by molar-refractivity contribution is 7.10. The van der Waals surface area contributed by atoms with E-state index in [0.717, 1.165) is 4.88 Å². The number of hydrogen-bond acceptors (Lipinski definition) is 4. The van der Waals surface area contributed by atoms with Gasteiger partial charge in [0, 0.05) is 25.1 Å². The van der Waals surface area contributed by atoms with Crippen molar-refractivity contribution in [3.05, 3.63) is 21.9 Å². The van der Waals surface area contributed by atoms with Crippen LogP contribution in [0.3, 0.4) is 0 Å². The maximum atomic E-state index is 12.7. The van der Waals surface area contributed by atoms with Crippen molar-refractivity contribution in [3.63, 3.8) is 0 Å². The highest BCUT2D eigenvalue weighted by Gasteiger charge is 2.34. The minimum absolute atomic E-state index is 0.0414. The van der Waals surface area contributed by atoms with Crippen molar-refractivity contribution in [2.75, 3.05) is 26.9 Å². The number of carbonyl (C=O) groups is 1. The topological polar surface area (TPSA) is 49.8 Å². The number of rotatable bonds is 6. The molecule has 1 amide bonds. The Kier molecular flexibility index (Phi) is 5.80. The summed E-state index contributed by atoms with van der Waals surface area (Å²) >= 11 is 1.43. The molecule has 1 aliphatic rings. The lowest BCUT2D eigenvalue weighted by Crippen LogP contribution is -2.41. The van der Waals surface area contributed by atoms with Gasteiger partial charge in [0.15, 0.2) is 0 Å². The third-order valence-corrected chi connectivity index (χ3v) is 4.58. The van der Waals surface area contributed by atoms with E-state index in [1.165, 1.54) is 24.2 Å². The molecule has 0 saturated heterocycles. The van der Waals surface area contributed by atoms with E-state index in [4.69, 9.17) is 9.84 Å². The Balaban J connectivity index is 2.10. The fourth-order valence-electron chi connectivity index (χ4n) is 2.32. The number of hydrogen-bond donors (Lipinski definition) is 1. The summed E-state index contributed by atoms with van der Waals surface area (Å²) in [7, 11) is 1.65. The van der Waals surface area contributed by atoms with Gasteiger partial charge in [0.25, 0.3) is 5.91 Å². The molecule has 2 rings (SSSR count).